The van der Waals surface area contributed by atoms with Crippen molar-refractivity contribution in [2.75, 3.05) is 13.1 Å². The van der Waals surface area contributed by atoms with Crippen molar-refractivity contribution in [2.45, 2.75) is 54.9 Å². The van der Waals surface area contributed by atoms with Gasteiger partial charge in [-0.3, -0.25) is 4.79 Å². The number of rotatable bonds is 6. The minimum absolute atomic E-state index is 0.192. The maximum absolute atomic E-state index is 12.9. The summed E-state index contributed by atoms with van der Waals surface area (Å²) in [7, 11) is 0. The number of fused-ring (bicyclic) bond motifs is 1. The Morgan fingerprint density at radius 2 is 1.62 bits per heavy atom. The van der Waals surface area contributed by atoms with Crippen LogP contribution in [-0.2, 0) is 11.2 Å². The molecular weight excluding hydrogens is 298 g/mol. The van der Waals surface area contributed by atoms with Crippen molar-refractivity contribution >= 4 is 16.9 Å². The average molecular weight is 329 g/mol. The van der Waals surface area contributed by atoms with Gasteiger partial charge in [-0.15, -0.1) is 0 Å². The Hall–Kier alpha value is -1.77. The van der Waals surface area contributed by atoms with Crippen molar-refractivity contribution in [2.24, 2.45) is 11.8 Å². The van der Waals surface area contributed by atoms with Crippen molar-refractivity contribution in [1.82, 2.24) is 4.90 Å². The van der Waals surface area contributed by atoms with E-state index in [0.29, 0.717) is 18.3 Å². The van der Waals surface area contributed by atoms with Gasteiger partial charge in [0.05, 0.1) is 12.7 Å². The molecule has 2 rings (SSSR count). The molecule has 2 aromatic rings. The van der Waals surface area contributed by atoms with Crippen LogP contribution in [0.3, 0.4) is 0 Å². The molecule has 1 aromatic carbocycles. The molecule has 1 amide bonds. The number of furan rings is 1. The maximum atomic E-state index is 12.9. The van der Waals surface area contributed by atoms with Crippen LogP contribution in [-0.4, -0.2) is 23.9 Å². The number of nitrogens with zero attached hydrogens (tertiary/aromatic N) is 1. The Balaban J connectivity index is 2.31. The monoisotopic (exact) mass is 329 g/mol. The number of hydrogen-bond acceptors (Lipinski definition) is 2. The number of hydrogen-bond donors (Lipinski definition) is 0. The Kier molecular flexibility index (Phi) is 5.74. The van der Waals surface area contributed by atoms with Gasteiger partial charge in [-0.25, -0.2) is 0 Å². The summed E-state index contributed by atoms with van der Waals surface area (Å²) in [5.41, 5.74) is 5.51. The second kappa shape index (κ2) is 7.42. The number of carbonyl (C=O) groups excluding carboxylic acids is 1. The van der Waals surface area contributed by atoms with Crippen LogP contribution in [0.25, 0.3) is 11.0 Å². The van der Waals surface area contributed by atoms with E-state index in [2.05, 4.69) is 54.5 Å². The molecular formula is C21H31NO2. The van der Waals surface area contributed by atoms with Crippen LogP contribution in [0.15, 0.2) is 16.7 Å². The molecule has 0 radical (unpaired) electrons. The first kappa shape index (κ1) is 18.6. The van der Waals surface area contributed by atoms with E-state index in [9.17, 15) is 4.79 Å². The summed E-state index contributed by atoms with van der Waals surface area (Å²) < 4.78 is 5.81. The summed E-state index contributed by atoms with van der Waals surface area (Å²) in [5, 5.41) is 1.11. The van der Waals surface area contributed by atoms with Gasteiger partial charge in [0, 0.05) is 24.0 Å². The second-order valence-electron chi connectivity index (χ2n) is 7.86. The van der Waals surface area contributed by atoms with Crippen molar-refractivity contribution in [3.8, 4) is 0 Å². The highest BCUT2D eigenvalue weighted by Crippen LogP contribution is 2.30. The van der Waals surface area contributed by atoms with E-state index in [0.717, 1.165) is 35.2 Å². The molecule has 0 atom stereocenters. The van der Waals surface area contributed by atoms with Crippen LogP contribution in [0.2, 0.25) is 0 Å². The maximum Gasteiger partial charge on any atom is 0.227 e. The molecule has 132 valence electrons. The fourth-order valence-corrected chi connectivity index (χ4v) is 3.35. The van der Waals surface area contributed by atoms with E-state index >= 15 is 0 Å². The summed E-state index contributed by atoms with van der Waals surface area (Å²) >= 11 is 0. The second-order valence-corrected chi connectivity index (χ2v) is 7.86. The van der Waals surface area contributed by atoms with Gasteiger partial charge in [-0.05, 0) is 49.3 Å². The molecule has 3 heteroatoms. The van der Waals surface area contributed by atoms with Crippen molar-refractivity contribution in [3.63, 3.8) is 0 Å². The molecule has 0 unspecified atom stereocenters. The molecule has 0 saturated heterocycles. The third-order valence-electron chi connectivity index (χ3n) is 4.49. The summed E-state index contributed by atoms with van der Waals surface area (Å²) in [4.78, 5) is 14.9. The summed E-state index contributed by atoms with van der Waals surface area (Å²) in [6, 6.07) is 2.18. The first-order valence-corrected chi connectivity index (χ1v) is 8.95. The first-order chi connectivity index (χ1) is 11.2. The lowest BCUT2D eigenvalue weighted by molar-refractivity contribution is -0.131. The van der Waals surface area contributed by atoms with Crippen LogP contribution >= 0.6 is 0 Å². The molecule has 0 fully saturated rings. The average Bonchev–Trinajstić information content (AvgIpc) is 2.87. The number of benzene rings is 1. The van der Waals surface area contributed by atoms with Crippen LogP contribution in [0.5, 0.6) is 0 Å². The van der Waals surface area contributed by atoms with E-state index in [1.165, 1.54) is 11.1 Å². The number of carbonyl (C=O) groups is 1. The Bertz CT molecular complexity index is 715. The Morgan fingerprint density at radius 1 is 1.04 bits per heavy atom. The van der Waals surface area contributed by atoms with Gasteiger partial charge in [0.2, 0.25) is 5.91 Å². The predicted molar refractivity (Wildman–Crippen MR) is 100 cm³/mol. The third kappa shape index (κ3) is 4.00. The Labute approximate surface area is 146 Å². The van der Waals surface area contributed by atoms with Crippen LogP contribution in [0, 0.1) is 32.6 Å². The van der Waals surface area contributed by atoms with Crippen LogP contribution in [0.1, 0.15) is 49.9 Å². The van der Waals surface area contributed by atoms with Gasteiger partial charge in [-0.2, -0.15) is 0 Å². The molecule has 0 N–H and O–H groups in total. The minimum atomic E-state index is 0.192. The summed E-state index contributed by atoms with van der Waals surface area (Å²) in [6.45, 7) is 16.5. The van der Waals surface area contributed by atoms with Gasteiger partial charge >= 0.3 is 0 Å². The molecule has 0 aliphatic rings. The van der Waals surface area contributed by atoms with E-state index < -0.39 is 0 Å². The van der Waals surface area contributed by atoms with Gasteiger partial charge in [0.1, 0.15) is 5.58 Å². The van der Waals surface area contributed by atoms with Crippen molar-refractivity contribution < 1.29 is 9.21 Å². The molecule has 0 aliphatic heterocycles. The Morgan fingerprint density at radius 3 is 2.17 bits per heavy atom. The third-order valence-corrected chi connectivity index (χ3v) is 4.49. The summed E-state index contributed by atoms with van der Waals surface area (Å²) in [5.74, 6) is 1.14. The topological polar surface area (TPSA) is 33.5 Å². The fraction of sp³-hybridized carbons (Fsp3) is 0.571. The quantitative estimate of drug-likeness (QED) is 0.744. The lowest BCUT2D eigenvalue weighted by Gasteiger charge is -2.26. The zero-order valence-corrected chi connectivity index (χ0v) is 16.2. The molecule has 0 saturated carbocycles. The zero-order chi connectivity index (χ0) is 18.0. The first-order valence-electron chi connectivity index (χ1n) is 8.95. The van der Waals surface area contributed by atoms with Crippen LogP contribution < -0.4 is 0 Å². The lowest BCUT2D eigenvalue weighted by atomic mass is 9.98. The van der Waals surface area contributed by atoms with Gasteiger partial charge in [0.15, 0.2) is 0 Å². The highest BCUT2D eigenvalue weighted by molar-refractivity contribution is 5.91. The van der Waals surface area contributed by atoms with E-state index in [1.54, 1.807) is 6.26 Å². The molecule has 24 heavy (non-hydrogen) atoms. The van der Waals surface area contributed by atoms with Crippen molar-refractivity contribution in [1.29, 1.82) is 0 Å². The summed E-state index contributed by atoms with van der Waals surface area (Å²) in [6.07, 6.45) is 2.18. The normalized spacial score (nSPS) is 11.7. The van der Waals surface area contributed by atoms with E-state index in [1.807, 2.05) is 4.90 Å². The van der Waals surface area contributed by atoms with E-state index in [-0.39, 0.29) is 5.91 Å². The number of amides is 1. The molecule has 3 nitrogen and oxygen atoms in total. The molecule has 0 bridgehead atoms. The highest BCUT2D eigenvalue weighted by atomic mass is 16.3. The van der Waals surface area contributed by atoms with Gasteiger partial charge < -0.3 is 9.32 Å². The predicted octanol–water partition coefficient (Wildman–Crippen LogP) is 5.04. The van der Waals surface area contributed by atoms with Gasteiger partial charge in [-0.1, -0.05) is 33.8 Å². The minimum Gasteiger partial charge on any atom is -0.464 e. The smallest absolute Gasteiger partial charge is 0.227 e. The zero-order valence-electron chi connectivity index (χ0n) is 16.2. The van der Waals surface area contributed by atoms with Crippen LogP contribution in [0.4, 0.5) is 0 Å². The largest absolute Gasteiger partial charge is 0.464 e. The molecule has 0 aliphatic carbocycles. The highest BCUT2D eigenvalue weighted by Gasteiger charge is 2.20. The lowest BCUT2D eigenvalue weighted by Crippen LogP contribution is -2.37. The molecule has 1 aromatic heterocycles. The molecule has 0 spiro atoms. The standard InChI is InChI=1S/C21H31NO2/c1-13(2)10-22(11-14(3)4)19(23)9-18-12-24-21-17(7)15(5)8-16(6)20(18)21/h8,12-14H,9-11H2,1-7H3. The van der Waals surface area contributed by atoms with Crippen molar-refractivity contribution in [3.05, 3.63) is 34.6 Å². The fourth-order valence-electron chi connectivity index (χ4n) is 3.35. The molecule has 1 heterocycles. The SMILES string of the molecule is Cc1cc(C)c2c(CC(=O)N(CC(C)C)CC(C)C)coc2c1C. The number of aryl methyl sites for hydroxylation is 3. The van der Waals surface area contributed by atoms with E-state index in [4.69, 9.17) is 4.42 Å². The van der Waals surface area contributed by atoms with Gasteiger partial charge in [0.25, 0.3) is 0 Å².